The molecule has 0 amide bonds. The zero-order valence-electron chi connectivity index (χ0n) is 10.5. The fourth-order valence-corrected chi connectivity index (χ4v) is 1.94. The molecule has 0 aromatic heterocycles. The lowest BCUT2D eigenvalue weighted by Gasteiger charge is -2.24. The topological polar surface area (TPSA) is 43.7 Å². The zero-order valence-corrected chi connectivity index (χ0v) is 10.5. The largest absolute Gasteiger partial charge is 0.395 e. The summed E-state index contributed by atoms with van der Waals surface area (Å²) in [5, 5.41) is 18.8. The van der Waals surface area contributed by atoms with Crippen molar-refractivity contribution in [3.8, 4) is 0 Å². The zero-order chi connectivity index (χ0) is 12.5. The van der Waals surface area contributed by atoms with Crippen LogP contribution in [0.5, 0.6) is 0 Å². The lowest BCUT2D eigenvalue weighted by molar-refractivity contribution is 0.0893. The van der Waals surface area contributed by atoms with Gasteiger partial charge in [-0.3, -0.25) is 4.90 Å². The van der Waals surface area contributed by atoms with Crippen molar-refractivity contribution in [1.29, 1.82) is 0 Å². The molecule has 0 spiro atoms. The smallest absolute Gasteiger partial charge is 0.0667 e. The monoisotopic (exact) mass is 237 g/mol. The Morgan fingerprint density at radius 2 is 1.94 bits per heavy atom. The van der Waals surface area contributed by atoms with Crippen molar-refractivity contribution >= 4 is 0 Å². The van der Waals surface area contributed by atoms with Crippen molar-refractivity contribution < 1.29 is 10.2 Å². The van der Waals surface area contributed by atoms with Gasteiger partial charge in [0.15, 0.2) is 0 Å². The first-order valence-electron chi connectivity index (χ1n) is 6.31. The SMILES string of the molecule is CCCC(O)CN(CCO)Cc1ccccc1. The van der Waals surface area contributed by atoms with Crippen LogP contribution < -0.4 is 0 Å². The fourth-order valence-electron chi connectivity index (χ4n) is 1.94. The first kappa shape index (κ1) is 14.2. The highest BCUT2D eigenvalue weighted by Crippen LogP contribution is 2.06. The van der Waals surface area contributed by atoms with E-state index in [4.69, 9.17) is 5.11 Å². The van der Waals surface area contributed by atoms with E-state index in [1.54, 1.807) is 0 Å². The van der Waals surface area contributed by atoms with E-state index < -0.39 is 0 Å². The summed E-state index contributed by atoms with van der Waals surface area (Å²) in [6, 6.07) is 10.1. The molecule has 1 unspecified atom stereocenters. The van der Waals surface area contributed by atoms with Gasteiger partial charge in [0, 0.05) is 19.6 Å². The summed E-state index contributed by atoms with van der Waals surface area (Å²) < 4.78 is 0. The van der Waals surface area contributed by atoms with Crippen LogP contribution >= 0.6 is 0 Å². The molecule has 0 saturated heterocycles. The third kappa shape index (κ3) is 5.82. The quantitative estimate of drug-likeness (QED) is 0.722. The van der Waals surface area contributed by atoms with Crippen LogP contribution in [0.2, 0.25) is 0 Å². The van der Waals surface area contributed by atoms with E-state index in [1.165, 1.54) is 5.56 Å². The fraction of sp³-hybridized carbons (Fsp3) is 0.571. The molecule has 0 saturated carbocycles. The van der Waals surface area contributed by atoms with Gasteiger partial charge in [-0.15, -0.1) is 0 Å². The van der Waals surface area contributed by atoms with E-state index in [-0.39, 0.29) is 12.7 Å². The van der Waals surface area contributed by atoms with Crippen LogP contribution in [-0.4, -0.2) is 40.9 Å². The molecule has 0 aliphatic carbocycles. The minimum atomic E-state index is -0.296. The van der Waals surface area contributed by atoms with Gasteiger partial charge in [0.05, 0.1) is 12.7 Å². The molecule has 0 radical (unpaired) electrons. The highest BCUT2D eigenvalue weighted by molar-refractivity contribution is 5.14. The molecule has 3 nitrogen and oxygen atoms in total. The second kappa shape index (κ2) is 8.23. The van der Waals surface area contributed by atoms with E-state index in [1.807, 2.05) is 18.2 Å². The van der Waals surface area contributed by atoms with Gasteiger partial charge in [-0.2, -0.15) is 0 Å². The van der Waals surface area contributed by atoms with Gasteiger partial charge in [0.2, 0.25) is 0 Å². The number of aliphatic hydroxyl groups is 2. The maximum atomic E-state index is 9.80. The van der Waals surface area contributed by atoms with E-state index in [2.05, 4.69) is 24.0 Å². The number of aliphatic hydroxyl groups excluding tert-OH is 2. The Balaban J connectivity index is 2.48. The van der Waals surface area contributed by atoms with Crippen molar-refractivity contribution in [2.75, 3.05) is 19.7 Å². The molecule has 0 bridgehead atoms. The summed E-state index contributed by atoms with van der Waals surface area (Å²) in [5.41, 5.74) is 1.21. The molecule has 1 rings (SSSR count). The molecule has 3 heteroatoms. The van der Waals surface area contributed by atoms with Gasteiger partial charge in [0.1, 0.15) is 0 Å². The average molecular weight is 237 g/mol. The lowest BCUT2D eigenvalue weighted by atomic mass is 10.1. The predicted molar refractivity (Wildman–Crippen MR) is 69.7 cm³/mol. The van der Waals surface area contributed by atoms with Gasteiger partial charge in [0.25, 0.3) is 0 Å². The van der Waals surface area contributed by atoms with E-state index >= 15 is 0 Å². The minimum absolute atomic E-state index is 0.131. The summed E-state index contributed by atoms with van der Waals surface area (Å²) in [5.74, 6) is 0. The number of benzene rings is 1. The summed E-state index contributed by atoms with van der Waals surface area (Å²) in [4.78, 5) is 2.09. The van der Waals surface area contributed by atoms with Gasteiger partial charge < -0.3 is 10.2 Å². The maximum Gasteiger partial charge on any atom is 0.0667 e. The maximum absolute atomic E-state index is 9.80. The van der Waals surface area contributed by atoms with Gasteiger partial charge in [-0.1, -0.05) is 43.7 Å². The van der Waals surface area contributed by atoms with Crippen LogP contribution in [-0.2, 0) is 6.54 Å². The van der Waals surface area contributed by atoms with E-state index in [0.717, 1.165) is 19.4 Å². The predicted octanol–water partition coefficient (Wildman–Crippen LogP) is 1.64. The molecule has 0 aliphatic heterocycles. The van der Waals surface area contributed by atoms with Crippen LogP contribution in [0.3, 0.4) is 0 Å². The van der Waals surface area contributed by atoms with Crippen LogP contribution in [0.15, 0.2) is 30.3 Å². The Kier molecular flexibility index (Phi) is 6.86. The minimum Gasteiger partial charge on any atom is -0.395 e. The van der Waals surface area contributed by atoms with E-state index in [9.17, 15) is 5.11 Å². The third-order valence-corrected chi connectivity index (χ3v) is 2.76. The second-order valence-electron chi connectivity index (χ2n) is 4.39. The standard InChI is InChI=1S/C14H23NO2/c1-2-6-14(17)12-15(9-10-16)11-13-7-4-3-5-8-13/h3-5,7-8,14,16-17H,2,6,9-12H2,1H3. The van der Waals surface area contributed by atoms with Crippen molar-refractivity contribution in [2.24, 2.45) is 0 Å². The summed E-state index contributed by atoms with van der Waals surface area (Å²) in [6.45, 7) is 4.21. The molecule has 1 aromatic rings. The Morgan fingerprint density at radius 1 is 1.24 bits per heavy atom. The molecule has 96 valence electrons. The van der Waals surface area contributed by atoms with Crippen LogP contribution in [0, 0.1) is 0 Å². The van der Waals surface area contributed by atoms with Crippen LogP contribution in [0.25, 0.3) is 0 Å². The number of nitrogens with zero attached hydrogens (tertiary/aromatic N) is 1. The Labute approximate surface area is 104 Å². The Morgan fingerprint density at radius 3 is 2.53 bits per heavy atom. The highest BCUT2D eigenvalue weighted by atomic mass is 16.3. The number of hydrogen-bond donors (Lipinski definition) is 2. The molecule has 1 aromatic carbocycles. The van der Waals surface area contributed by atoms with E-state index in [0.29, 0.717) is 13.1 Å². The molecular weight excluding hydrogens is 214 g/mol. The molecule has 2 N–H and O–H groups in total. The summed E-state index contributed by atoms with van der Waals surface area (Å²) in [7, 11) is 0. The van der Waals surface area contributed by atoms with Crippen molar-refractivity contribution in [3.05, 3.63) is 35.9 Å². The van der Waals surface area contributed by atoms with Crippen LogP contribution in [0.1, 0.15) is 25.3 Å². The average Bonchev–Trinajstić information content (AvgIpc) is 2.31. The molecular formula is C14H23NO2. The Bertz CT molecular complexity index is 290. The van der Waals surface area contributed by atoms with Gasteiger partial charge >= 0.3 is 0 Å². The number of hydrogen-bond acceptors (Lipinski definition) is 3. The first-order chi connectivity index (χ1) is 8.26. The molecule has 1 atom stereocenters. The second-order valence-corrected chi connectivity index (χ2v) is 4.39. The summed E-state index contributed by atoms with van der Waals surface area (Å²) >= 11 is 0. The van der Waals surface area contributed by atoms with Crippen LogP contribution in [0.4, 0.5) is 0 Å². The first-order valence-corrected chi connectivity index (χ1v) is 6.31. The van der Waals surface area contributed by atoms with Crippen molar-refractivity contribution in [2.45, 2.75) is 32.4 Å². The van der Waals surface area contributed by atoms with Gasteiger partial charge in [-0.05, 0) is 12.0 Å². The lowest BCUT2D eigenvalue weighted by Crippen LogP contribution is -2.34. The molecule has 17 heavy (non-hydrogen) atoms. The number of rotatable bonds is 8. The summed E-state index contributed by atoms with van der Waals surface area (Å²) in [6.07, 6.45) is 1.51. The molecule has 0 aliphatic rings. The molecule has 0 heterocycles. The Hall–Kier alpha value is -0.900. The normalized spacial score (nSPS) is 12.9. The highest BCUT2D eigenvalue weighted by Gasteiger charge is 2.10. The molecule has 0 fully saturated rings. The van der Waals surface area contributed by atoms with Crippen molar-refractivity contribution in [1.82, 2.24) is 4.90 Å². The van der Waals surface area contributed by atoms with Gasteiger partial charge in [-0.25, -0.2) is 0 Å². The van der Waals surface area contributed by atoms with Crippen molar-refractivity contribution in [3.63, 3.8) is 0 Å². The third-order valence-electron chi connectivity index (χ3n) is 2.76.